The molecule has 5 heteroatoms. The van der Waals surface area contributed by atoms with Gasteiger partial charge in [-0.2, -0.15) is 0 Å². The van der Waals surface area contributed by atoms with E-state index in [2.05, 4.69) is 15.6 Å². The minimum absolute atomic E-state index is 0.232. The Morgan fingerprint density at radius 3 is 2.22 bits per heavy atom. The van der Waals surface area contributed by atoms with E-state index in [1.807, 2.05) is 81.4 Å². The Kier molecular flexibility index (Phi) is 5.41. The Bertz CT molecular complexity index is 949. The molecule has 2 N–H and O–H groups in total. The van der Waals surface area contributed by atoms with Gasteiger partial charge in [-0.05, 0) is 73.5 Å². The van der Waals surface area contributed by atoms with Gasteiger partial charge in [0.2, 0.25) is 0 Å². The zero-order valence-electron chi connectivity index (χ0n) is 16.1. The third-order valence-corrected chi connectivity index (χ3v) is 4.43. The summed E-state index contributed by atoms with van der Waals surface area (Å²) in [5, 5.41) is 6.21. The van der Waals surface area contributed by atoms with Gasteiger partial charge >= 0.3 is 0 Å². The van der Waals surface area contributed by atoms with Crippen molar-refractivity contribution in [1.29, 1.82) is 0 Å². The van der Waals surface area contributed by atoms with E-state index >= 15 is 0 Å². The maximum Gasteiger partial charge on any atom is 0.274 e. The first-order valence-electron chi connectivity index (χ1n) is 8.81. The standard InChI is InChI=1S/C22H24N4O/c1-15-5-6-18(13-16(15)2)25-22(27)21-14-19(11-12-23-21)24-17-7-9-20(10-8-17)26(3)4/h5-14H,1-4H3,(H,23,24)(H,25,27). The normalized spacial score (nSPS) is 10.4. The van der Waals surface area contributed by atoms with Crippen LogP contribution < -0.4 is 15.5 Å². The Hall–Kier alpha value is -3.34. The summed E-state index contributed by atoms with van der Waals surface area (Å²) in [6.07, 6.45) is 1.63. The topological polar surface area (TPSA) is 57.3 Å². The van der Waals surface area contributed by atoms with Crippen molar-refractivity contribution in [3.05, 3.63) is 77.6 Å². The Morgan fingerprint density at radius 2 is 1.56 bits per heavy atom. The molecule has 27 heavy (non-hydrogen) atoms. The molecule has 2 aromatic carbocycles. The molecule has 0 fully saturated rings. The highest BCUT2D eigenvalue weighted by Crippen LogP contribution is 2.21. The molecule has 0 saturated heterocycles. The molecule has 1 amide bonds. The number of aromatic nitrogens is 1. The molecular formula is C22H24N4O. The first kappa shape index (κ1) is 18.5. The van der Waals surface area contributed by atoms with Gasteiger partial charge < -0.3 is 15.5 Å². The maximum absolute atomic E-state index is 12.5. The number of hydrogen-bond donors (Lipinski definition) is 2. The summed E-state index contributed by atoms with van der Waals surface area (Å²) in [6, 6.07) is 17.5. The lowest BCUT2D eigenvalue weighted by Gasteiger charge is -2.13. The van der Waals surface area contributed by atoms with Gasteiger partial charge in [0.25, 0.3) is 5.91 Å². The van der Waals surface area contributed by atoms with Gasteiger partial charge in [-0.25, -0.2) is 0 Å². The van der Waals surface area contributed by atoms with Crippen LogP contribution in [-0.4, -0.2) is 25.0 Å². The smallest absolute Gasteiger partial charge is 0.274 e. The van der Waals surface area contributed by atoms with Gasteiger partial charge in [0, 0.05) is 43.0 Å². The van der Waals surface area contributed by atoms with E-state index in [0.717, 1.165) is 28.3 Å². The van der Waals surface area contributed by atoms with E-state index in [4.69, 9.17) is 0 Å². The number of anilines is 4. The fourth-order valence-electron chi connectivity index (χ4n) is 2.66. The van der Waals surface area contributed by atoms with Crippen LogP contribution in [0.3, 0.4) is 0 Å². The highest BCUT2D eigenvalue weighted by Gasteiger charge is 2.09. The van der Waals surface area contributed by atoms with Crippen molar-refractivity contribution in [2.24, 2.45) is 0 Å². The predicted molar refractivity (Wildman–Crippen MR) is 112 cm³/mol. The summed E-state index contributed by atoms with van der Waals surface area (Å²) >= 11 is 0. The van der Waals surface area contributed by atoms with Crippen molar-refractivity contribution in [1.82, 2.24) is 4.98 Å². The van der Waals surface area contributed by atoms with Crippen molar-refractivity contribution in [2.75, 3.05) is 29.6 Å². The summed E-state index contributed by atoms with van der Waals surface area (Å²) in [7, 11) is 4.01. The molecule has 0 aliphatic carbocycles. The van der Waals surface area contributed by atoms with Crippen molar-refractivity contribution < 1.29 is 4.79 Å². The Balaban J connectivity index is 1.72. The second kappa shape index (κ2) is 7.91. The number of nitrogens with zero attached hydrogens (tertiary/aromatic N) is 2. The van der Waals surface area contributed by atoms with Crippen molar-refractivity contribution >= 4 is 28.7 Å². The first-order chi connectivity index (χ1) is 12.9. The summed E-state index contributed by atoms with van der Waals surface area (Å²) in [6.45, 7) is 4.07. The number of carbonyl (C=O) groups is 1. The van der Waals surface area contributed by atoms with Crippen LogP contribution in [0.25, 0.3) is 0 Å². The lowest BCUT2D eigenvalue weighted by atomic mass is 10.1. The molecule has 0 aliphatic heterocycles. The lowest BCUT2D eigenvalue weighted by Crippen LogP contribution is -2.14. The molecule has 5 nitrogen and oxygen atoms in total. The molecule has 0 bridgehead atoms. The molecule has 1 aromatic heterocycles. The van der Waals surface area contributed by atoms with E-state index < -0.39 is 0 Å². The molecule has 3 aromatic rings. The number of nitrogens with one attached hydrogen (secondary N) is 2. The number of rotatable bonds is 5. The van der Waals surface area contributed by atoms with Crippen LogP contribution in [0.4, 0.5) is 22.7 Å². The molecule has 0 radical (unpaired) electrons. The molecule has 0 aliphatic rings. The monoisotopic (exact) mass is 360 g/mol. The van der Waals surface area contributed by atoms with Gasteiger partial charge in [0.05, 0.1) is 0 Å². The minimum atomic E-state index is -0.232. The van der Waals surface area contributed by atoms with Crippen LogP contribution in [0.1, 0.15) is 21.6 Å². The fraction of sp³-hybridized carbons (Fsp3) is 0.182. The number of amides is 1. The molecule has 0 spiro atoms. The lowest BCUT2D eigenvalue weighted by molar-refractivity contribution is 0.102. The third kappa shape index (κ3) is 4.64. The van der Waals surface area contributed by atoms with Crippen LogP contribution in [-0.2, 0) is 0 Å². The van der Waals surface area contributed by atoms with Crippen molar-refractivity contribution in [2.45, 2.75) is 13.8 Å². The molecule has 0 unspecified atom stereocenters. The second-order valence-electron chi connectivity index (χ2n) is 6.75. The predicted octanol–water partition coefficient (Wildman–Crippen LogP) is 4.76. The zero-order chi connectivity index (χ0) is 19.4. The summed E-state index contributed by atoms with van der Waals surface area (Å²) < 4.78 is 0. The molecule has 0 saturated carbocycles. The SMILES string of the molecule is Cc1ccc(NC(=O)c2cc(Nc3ccc(N(C)C)cc3)ccn2)cc1C. The molecule has 0 atom stereocenters. The number of benzene rings is 2. The molecular weight excluding hydrogens is 336 g/mol. The van der Waals surface area contributed by atoms with Gasteiger partial charge in [0.15, 0.2) is 0 Å². The first-order valence-corrected chi connectivity index (χ1v) is 8.81. The third-order valence-electron chi connectivity index (χ3n) is 4.43. The van der Waals surface area contributed by atoms with E-state index in [-0.39, 0.29) is 5.91 Å². The summed E-state index contributed by atoms with van der Waals surface area (Å²) in [5.41, 5.74) is 6.35. The molecule has 1 heterocycles. The number of carbonyl (C=O) groups excluding carboxylic acids is 1. The van der Waals surface area contributed by atoms with Gasteiger partial charge in [0.1, 0.15) is 5.69 Å². The Labute approximate surface area is 160 Å². The van der Waals surface area contributed by atoms with Crippen molar-refractivity contribution in [3.63, 3.8) is 0 Å². The highest BCUT2D eigenvalue weighted by molar-refractivity contribution is 6.03. The number of pyridine rings is 1. The van der Waals surface area contributed by atoms with E-state index in [1.165, 1.54) is 5.56 Å². The van der Waals surface area contributed by atoms with Gasteiger partial charge in [-0.3, -0.25) is 9.78 Å². The zero-order valence-corrected chi connectivity index (χ0v) is 16.1. The Morgan fingerprint density at radius 1 is 0.852 bits per heavy atom. The summed E-state index contributed by atoms with van der Waals surface area (Å²) in [4.78, 5) is 18.8. The minimum Gasteiger partial charge on any atom is -0.378 e. The summed E-state index contributed by atoms with van der Waals surface area (Å²) in [5.74, 6) is -0.232. The van der Waals surface area contributed by atoms with Gasteiger partial charge in [-0.1, -0.05) is 6.07 Å². The maximum atomic E-state index is 12.5. The quantitative estimate of drug-likeness (QED) is 0.689. The largest absolute Gasteiger partial charge is 0.378 e. The van der Waals surface area contributed by atoms with Gasteiger partial charge in [-0.15, -0.1) is 0 Å². The van der Waals surface area contributed by atoms with Crippen LogP contribution in [0.2, 0.25) is 0 Å². The van der Waals surface area contributed by atoms with Crippen LogP contribution in [0.5, 0.6) is 0 Å². The second-order valence-corrected chi connectivity index (χ2v) is 6.75. The van der Waals surface area contributed by atoms with Crippen molar-refractivity contribution in [3.8, 4) is 0 Å². The van der Waals surface area contributed by atoms with Crippen LogP contribution >= 0.6 is 0 Å². The molecule has 138 valence electrons. The van der Waals surface area contributed by atoms with E-state index in [0.29, 0.717) is 5.69 Å². The van der Waals surface area contributed by atoms with E-state index in [1.54, 1.807) is 12.3 Å². The van der Waals surface area contributed by atoms with Crippen LogP contribution in [0.15, 0.2) is 60.8 Å². The molecule has 3 rings (SSSR count). The number of hydrogen-bond acceptors (Lipinski definition) is 4. The number of aryl methyl sites for hydroxylation is 2. The average molecular weight is 360 g/mol. The van der Waals surface area contributed by atoms with E-state index in [9.17, 15) is 4.79 Å². The van der Waals surface area contributed by atoms with Crippen LogP contribution in [0, 0.1) is 13.8 Å². The fourth-order valence-corrected chi connectivity index (χ4v) is 2.66. The average Bonchev–Trinajstić information content (AvgIpc) is 2.65. The highest BCUT2D eigenvalue weighted by atomic mass is 16.1.